The van der Waals surface area contributed by atoms with Crippen LogP contribution in [0.3, 0.4) is 0 Å². The highest BCUT2D eigenvalue weighted by atomic mass is 32.2. The number of rotatable bonds is 5. The van der Waals surface area contributed by atoms with Crippen molar-refractivity contribution >= 4 is 21.9 Å². The van der Waals surface area contributed by atoms with E-state index < -0.39 is 10.0 Å². The summed E-state index contributed by atoms with van der Waals surface area (Å²) < 4.78 is 24.5. The van der Waals surface area contributed by atoms with Gasteiger partial charge < -0.3 is 15.5 Å². The average Bonchev–Trinajstić information content (AvgIpc) is 3.15. The van der Waals surface area contributed by atoms with Crippen molar-refractivity contribution in [2.75, 3.05) is 37.3 Å². The maximum atomic E-state index is 12.1. The van der Waals surface area contributed by atoms with E-state index in [1.54, 1.807) is 6.20 Å². The van der Waals surface area contributed by atoms with Gasteiger partial charge in [-0.05, 0) is 37.3 Å². The number of amides is 2. The van der Waals surface area contributed by atoms with Gasteiger partial charge in [0.05, 0.1) is 6.26 Å². The van der Waals surface area contributed by atoms with E-state index in [4.69, 9.17) is 0 Å². The number of urea groups is 1. The van der Waals surface area contributed by atoms with Gasteiger partial charge in [0.25, 0.3) is 0 Å². The van der Waals surface area contributed by atoms with Crippen molar-refractivity contribution in [3.63, 3.8) is 0 Å². The minimum Gasteiger partial charge on any atom is -0.357 e. The molecule has 1 aromatic heterocycles. The Morgan fingerprint density at radius 3 is 2.46 bits per heavy atom. The van der Waals surface area contributed by atoms with Crippen LogP contribution in [0.1, 0.15) is 31.2 Å². The molecule has 144 valence electrons. The normalized spacial score (nSPS) is 19.5. The second-order valence-corrected chi connectivity index (χ2v) is 8.96. The largest absolute Gasteiger partial charge is 0.357 e. The smallest absolute Gasteiger partial charge is 0.315 e. The third-order valence-electron chi connectivity index (χ3n) is 4.95. The Bertz CT molecular complexity index is 708. The van der Waals surface area contributed by atoms with Crippen LogP contribution in [0.4, 0.5) is 10.6 Å². The fraction of sp³-hybridized carbons (Fsp3) is 0.647. The zero-order valence-corrected chi connectivity index (χ0v) is 16.0. The van der Waals surface area contributed by atoms with Gasteiger partial charge in [-0.1, -0.05) is 6.07 Å². The minimum absolute atomic E-state index is 0.00340. The van der Waals surface area contributed by atoms with Crippen molar-refractivity contribution in [3.8, 4) is 0 Å². The van der Waals surface area contributed by atoms with E-state index in [1.165, 1.54) is 23.4 Å². The van der Waals surface area contributed by atoms with Gasteiger partial charge in [0.1, 0.15) is 5.82 Å². The molecule has 2 amide bonds. The lowest BCUT2D eigenvalue weighted by molar-refractivity contribution is 0.227. The second-order valence-electron chi connectivity index (χ2n) is 6.98. The Balaban J connectivity index is 1.40. The molecule has 0 radical (unpaired) electrons. The van der Waals surface area contributed by atoms with E-state index in [9.17, 15) is 13.2 Å². The molecule has 0 bridgehead atoms. The molecule has 8 nitrogen and oxygen atoms in total. The number of aromatic nitrogens is 1. The summed E-state index contributed by atoms with van der Waals surface area (Å²) in [6.07, 6.45) is 6.72. The van der Waals surface area contributed by atoms with Crippen molar-refractivity contribution in [3.05, 3.63) is 23.9 Å². The molecule has 2 aliphatic heterocycles. The van der Waals surface area contributed by atoms with Crippen LogP contribution >= 0.6 is 0 Å². The Hall–Kier alpha value is -1.87. The molecule has 1 aromatic rings. The highest BCUT2D eigenvalue weighted by Crippen LogP contribution is 2.17. The van der Waals surface area contributed by atoms with Crippen molar-refractivity contribution in [1.29, 1.82) is 0 Å². The molecule has 9 heteroatoms. The van der Waals surface area contributed by atoms with Crippen LogP contribution in [0.25, 0.3) is 0 Å². The van der Waals surface area contributed by atoms with E-state index >= 15 is 0 Å². The molecule has 2 saturated heterocycles. The quantitative estimate of drug-likeness (QED) is 0.790. The predicted octanol–water partition coefficient (Wildman–Crippen LogP) is 0.905. The average molecular weight is 382 g/mol. The maximum Gasteiger partial charge on any atom is 0.315 e. The number of pyridine rings is 1. The third-order valence-corrected chi connectivity index (χ3v) is 6.25. The van der Waals surface area contributed by atoms with Gasteiger partial charge in [-0.25, -0.2) is 22.5 Å². The lowest BCUT2D eigenvalue weighted by Crippen LogP contribution is -2.48. The SMILES string of the molecule is CS(=O)(=O)N1CCC(NC(=O)NCc2ccc(N3CCCC3)nc2)CC1. The molecule has 3 heterocycles. The summed E-state index contributed by atoms with van der Waals surface area (Å²) in [5.74, 6) is 0.994. The Morgan fingerprint density at radius 2 is 1.88 bits per heavy atom. The Morgan fingerprint density at radius 1 is 1.19 bits per heavy atom. The van der Waals surface area contributed by atoms with Gasteiger partial charge in [0, 0.05) is 45.0 Å². The summed E-state index contributed by atoms with van der Waals surface area (Å²) in [5, 5.41) is 5.76. The van der Waals surface area contributed by atoms with E-state index in [0.717, 1.165) is 24.5 Å². The summed E-state index contributed by atoms with van der Waals surface area (Å²) in [4.78, 5) is 18.8. The zero-order chi connectivity index (χ0) is 18.6. The van der Waals surface area contributed by atoms with Crippen LogP contribution in [0, 0.1) is 0 Å². The molecular weight excluding hydrogens is 354 g/mol. The summed E-state index contributed by atoms with van der Waals surface area (Å²) in [6.45, 7) is 3.44. The molecule has 3 rings (SSSR count). The van der Waals surface area contributed by atoms with E-state index in [-0.39, 0.29) is 12.1 Å². The molecule has 2 aliphatic rings. The van der Waals surface area contributed by atoms with Gasteiger partial charge in [-0.15, -0.1) is 0 Å². The number of carbonyl (C=O) groups excluding carboxylic acids is 1. The number of piperidine rings is 1. The third kappa shape index (κ3) is 5.07. The fourth-order valence-electron chi connectivity index (χ4n) is 3.41. The molecule has 0 saturated carbocycles. The lowest BCUT2D eigenvalue weighted by atomic mass is 10.1. The number of nitrogens with zero attached hydrogens (tertiary/aromatic N) is 3. The summed E-state index contributed by atoms with van der Waals surface area (Å²) in [7, 11) is -3.14. The molecule has 0 unspecified atom stereocenters. The topological polar surface area (TPSA) is 94.6 Å². The highest BCUT2D eigenvalue weighted by molar-refractivity contribution is 7.88. The first-order valence-electron chi connectivity index (χ1n) is 9.11. The first-order valence-corrected chi connectivity index (χ1v) is 11.0. The standard InChI is InChI=1S/C17H27N5O3S/c1-26(24,25)22-10-6-15(7-11-22)20-17(23)19-13-14-4-5-16(18-12-14)21-8-2-3-9-21/h4-5,12,15H,2-3,6-11,13H2,1H3,(H2,19,20,23). The number of nitrogens with one attached hydrogen (secondary N) is 2. The molecule has 0 aliphatic carbocycles. The first-order chi connectivity index (χ1) is 12.4. The van der Waals surface area contributed by atoms with Crippen molar-refractivity contribution in [2.45, 2.75) is 38.3 Å². The molecule has 0 atom stereocenters. The molecule has 0 spiro atoms. The fourth-order valence-corrected chi connectivity index (χ4v) is 4.28. The highest BCUT2D eigenvalue weighted by Gasteiger charge is 2.25. The minimum atomic E-state index is -3.14. The first kappa shape index (κ1) is 18.9. The summed E-state index contributed by atoms with van der Waals surface area (Å²) in [5.41, 5.74) is 0.954. The lowest BCUT2D eigenvalue weighted by Gasteiger charge is -2.30. The summed E-state index contributed by atoms with van der Waals surface area (Å²) >= 11 is 0. The molecule has 26 heavy (non-hydrogen) atoms. The van der Waals surface area contributed by atoms with Gasteiger partial charge in [-0.3, -0.25) is 0 Å². The van der Waals surface area contributed by atoms with Crippen LogP contribution in [-0.4, -0.2) is 62.2 Å². The summed E-state index contributed by atoms with van der Waals surface area (Å²) in [6, 6.07) is 3.77. The van der Waals surface area contributed by atoms with E-state index in [2.05, 4.69) is 20.5 Å². The number of hydrogen-bond donors (Lipinski definition) is 2. The Kier molecular flexibility index (Phi) is 5.98. The number of hydrogen-bond acceptors (Lipinski definition) is 5. The van der Waals surface area contributed by atoms with Gasteiger partial charge in [0.15, 0.2) is 0 Å². The molecular formula is C17H27N5O3S. The maximum absolute atomic E-state index is 12.1. The number of anilines is 1. The van der Waals surface area contributed by atoms with Crippen LogP contribution in [0.15, 0.2) is 18.3 Å². The van der Waals surface area contributed by atoms with Crippen LogP contribution in [0.2, 0.25) is 0 Å². The second kappa shape index (κ2) is 8.22. The molecule has 2 N–H and O–H groups in total. The van der Waals surface area contributed by atoms with Crippen molar-refractivity contribution in [1.82, 2.24) is 19.9 Å². The molecule has 2 fully saturated rings. The van der Waals surface area contributed by atoms with Crippen molar-refractivity contribution < 1.29 is 13.2 Å². The van der Waals surface area contributed by atoms with Gasteiger partial charge in [-0.2, -0.15) is 0 Å². The monoisotopic (exact) mass is 381 g/mol. The zero-order valence-electron chi connectivity index (χ0n) is 15.1. The van der Waals surface area contributed by atoms with Gasteiger partial charge in [0.2, 0.25) is 10.0 Å². The van der Waals surface area contributed by atoms with Gasteiger partial charge >= 0.3 is 6.03 Å². The predicted molar refractivity (Wildman–Crippen MR) is 100 cm³/mol. The molecule has 0 aromatic carbocycles. The Labute approximate surface area is 155 Å². The van der Waals surface area contributed by atoms with Crippen LogP contribution in [0.5, 0.6) is 0 Å². The van der Waals surface area contributed by atoms with Crippen LogP contribution < -0.4 is 15.5 Å². The van der Waals surface area contributed by atoms with Crippen molar-refractivity contribution in [2.24, 2.45) is 0 Å². The number of sulfonamides is 1. The van der Waals surface area contributed by atoms with Crippen LogP contribution in [-0.2, 0) is 16.6 Å². The van der Waals surface area contributed by atoms with E-state index in [1.807, 2.05) is 12.1 Å². The van der Waals surface area contributed by atoms with E-state index in [0.29, 0.717) is 32.5 Å². The number of carbonyl (C=O) groups is 1.